The summed E-state index contributed by atoms with van der Waals surface area (Å²) >= 11 is 0. The molecule has 0 amide bonds. The van der Waals surface area contributed by atoms with Crippen molar-refractivity contribution in [2.24, 2.45) is 10.9 Å². The van der Waals surface area contributed by atoms with Gasteiger partial charge in [-0.05, 0) is 19.3 Å². The summed E-state index contributed by atoms with van der Waals surface area (Å²) in [5.41, 5.74) is -1.05. The Kier molecular flexibility index (Phi) is 5.87. The summed E-state index contributed by atoms with van der Waals surface area (Å²) < 4.78 is 4.96. The highest BCUT2D eigenvalue weighted by Crippen LogP contribution is 2.28. The molecular formula is C11H19NO3. The average Bonchev–Trinajstić information content (AvgIpc) is 2.17. The summed E-state index contributed by atoms with van der Waals surface area (Å²) in [4.78, 5) is 25.9. The van der Waals surface area contributed by atoms with Crippen molar-refractivity contribution in [1.82, 2.24) is 0 Å². The maximum Gasteiger partial charge on any atom is 0.335 e. The molecule has 0 saturated carbocycles. The lowest BCUT2D eigenvalue weighted by Crippen LogP contribution is -2.43. The van der Waals surface area contributed by atoms with Crippen LogP contribution in [0.3, 0.4) is 0 Å². The van der Waals surface area contributed by atoms with Crippen molar-refractivity contribution in [1.29, 1.82) is 0 Å². The van der Waals surface area contributed by atoms with Crippen LogP contribution in [0.15, 0.2) is 4.99 Å². The van der Waals surface area contributed by atoms with Gasteiger partial charge in [-0.15, -0.1) is 0 Å². The van der Waals surface area contributed by atoms with Gasteiger partial charge >= 0.3 is 5.97 Å². The third-order valence-corrected chi connectivity index (χ3v) is 2.46. The first kappa shape index (κ1) is 13.8. The standard InChI is InChI=1S/C11H19NO3/c1-5-7-11(9(3)4,12-8-13)10(14)15-6-2/h9H,5-7H2,1-4H3. The Morgan fingerprint density at radius 1 is 1.47 bits per heavy atom. The molecule has 0 spiro atoms. The third-order valence-electron chi connectivity index (χ3n) is 2.46. The highest BCUT2D eigenvalue weighted by atomic mass is 16.5. The van der Waals surface area contributed by atoms with Crippen LogP contribution in [0, 0.1) is 5.92 Å². The lowest BCUT2D eigenvalue weighted by Gasteiger charge is -2.29. The Bertz CT molecular complexity index is 257. The molecule has 15 heavy (non-hydrogen) atoms. The third kappa shape index (κ3) is 3.17. The second-order valence-electron chi connectivity index (χ2n) is 3.75. The second kappa shape index (κ2) is 6.36. The Morgan fingerprint density at radius 2 is 2.07 bits per heavy atom. The van der Waals surface area contributed by atoms with E-state index < -0.39 is 11.5 Å². The summed E-state index contributed by atoms with van der Waals surface area (Å²) in [6, 6.07) is 0. The number of hydrogen-bond acceptors (Lipinski definition) is 4. The minimum Gasteiger partial charge on any atom is -0.464 e. The number of isocyanates is 1. The second-order valence-corrected chi connectivity index (χ2v) is 3.75. The molecule has 1 atom stereocenters. The van der Waals surface area contributed by atoms with Crippen LogP contribution in [0.25, 0.3) is 0 Å². The molecule has 0 heterocycles. The van der Waals surface area contributed by atoms with E-state index in [1.165, 1.54) is 6.08 Å². The smallest absolute Gasteiger partial charge is 0.335 e. The minimum absolute atomic E-state index is 0.0713. The number of esters is 1. The summed E-state index contributed by atoms with van der Waals surface area (Å²) in [6.07, 6.45) is 2.77. The van der Waals surface area contributed by atoms with Gasteiger partial charge in [-0.1, -0.05) is 27.2 Å². The number of rotatable bonds is 6. The Balaban J connectivity index is 5.10. The van der Waals surface area contributed by atoms with Gasteiger partial charge in [0.25, 0.3) is 0 Å². The van der Waals surface area contributed by atoms with Crippen LogP contribution in [0.2, 0.25) is 0 Å². The van der Waals surface area contributed by atoms with Gasteiger partial charge in [0, 0.05) is 0 Å². The molecule has 0 N–H and O–H groups in total. The lowest BCUT2D eigenvalue weighted by atomic mass is 9.83. The fourth-order valence-electron chi connectivity index (χ4n) is 1.58. The summed E-state index contributed by atoms with van der Waals surface area (Å²) in [5, 5.41) is 0. The number of hydrogen-bond donors (Lipinski definition) is 0. The Hall–Kier alpha value is -1.15. The van der Waals surface area contributed by atoms with Crippen molar-refractivity contribution >= 4 is 12.0 Å². The molecular weight excluding hydrogens is 194 g/mol. The van der Waals surface area contributed by atoms with Gasteiger partial charge in [0.15, 0.2) is 5.54 Å². The number of aliphatic imine (C=N–C) groups is 1. The summed E-state index contributed by atoms with van der Waals surface area (Å²) in [5.74, 6) is -0.497. The number of carbonyl (C=O) groups is 1. The Morgan fingerprint density at radius 3 is 2.40 bits per heavy atom. The van der Waals surface area contributed by atoms with Crippen molar-refractivity contribution in [3.63, 3.8) is 0 Å². The maximum absolute atomic E-state index is 11.8. The van der Waals surface area contributed by atoms with Crippen LogP contribution < -0.4 is 0 Å². The van der Waals surface area contributed by atoms with Crippen LogP contribution in [-0.2, 0) is 14.3 Å². The number of nitrogens with zero attached hydrogens (tertiary/aromatic N) is 1. The first-order valence-electron chi connectivity index (χ1n) is 5.31. The van der Waals surface area contributed by atoms with Crippen LogP contribution in [0.5, 0.6) is 0 Å². The molecule has 0 aliphatic heterocycles. The quantitative estimate of drug-likeness (QED) is 0.385. The predicted octanol–water partition coefficient (Wildman–Crippen LogP) is 2.08. The van der Waals surface area contributed by atoms with Gasteiger partial charge in [0.1, 0.15) is 0 Å². The molecule has 0 aromatic heterocycles. The monoisotopic (exact) mass is 213 g/mol. The number of ether oxygens (including phenoxy) is 1. The lowest BCUT2D eigenvalue weighted by molar-refractivity contribution is -0.151. The largest absolute Gasteiger partial charge is 0.464 e. The molecule has 0 radical (unpaired) electrons. The van der Waals surface area contributed by atoms with Gasteiger partial charge in [0.2, 0.25) is 6.08 Å². The first-order valence-corrected chi connectivity index (χ1v) is 5.31. The molecule has 0 aliphatic carbocycles. The molecule has 4 nitrogen and oxygen atoms in total. The van der Waals surface area contributed by atoms with Crippen molar-refractivity contribution < 1.29 is 14.3 Å². The Labute approximate surface area is 90.7 Å². The van der Waals surface area contributed by atoms with E-state index in [1.807, 2.05) is 20.8 Å². The van der Waals surface area contributed by atoms with Crippen molar-refractivity contribution in [3.8, 4) is 0 Å². The van der Waals surface area contributed by atoms with E-state index >= 15 is 0 Å². The summed E-state index contributed by atoms with van der Waals surface area (Å²) in [6.45, 7) is 7.68. The van der Waals surface area contributed by atoms with Crippen molar-refractivity contribution in [2.45, 2.75) is 46.1 Å². The minimum atomic E-state index is -1.05. The van der Waals surface area contributed by atoms with E-state index in [9.17, 15) is 9.59 Å². The van der Waals surface area contributed by atoms with Gasteiger partial charge in [0.05, 0.1) is 6.61 Å². The van der Waals surface area contributed by atoms with Crippen molar-refractivity contribution in [3.05, 3.63) is 0 Å². The SMILES string of the molecule is CCCC(N=C=O)(C(=O)OCC)C(C)C. The normalized spacial score (nSPS) is 14.2. The maximum atomic E-state index is 11.8. The first-order chi connectivity index (χ1) is 7.05. The van der Waals surface area contributed by atoms with Gasteiger partial charge in [-0.25, -0.2) is 9.59 Å². The van der Waals surface area contributed by atoms with Crippen molar-refractivity contribution in [2.75, 3.05) is 6.61 Å². The van der Waals surface area contributed by atoms with E-state index in [0.717, 1.165) is 6.42 Å². The zero-order valence-corrected chi connectivity index (χ0v) is 9.87. The van der Waals surface area contributed by atoms with Crippen LogP contribution in [-0.4, -0.2) is 24.2 Å². The van der Waals surface area contributed by atoms with E-state index in [1.54, 1.807) is 6.92 Å². The topological polar surface area (TPSA) is 55.7 Å². The van der Waals surface area contributed by atoms with Gasteiger partial charge < -0.3 is 4.74 Å². The van der Waals surface area contributed by atoms with Gasteiger partial charge in [-0.2, -0.15) is 4.99 Å². The zero-order chi connectivity index (χ0) is 11.9. The van der Waals surface area contributed by atoms with E-state index in [0.29, 0.717) is 13.0 Å². The fourth-order valence-corrected chi connectivity index (χ4v) is 1.58. The zero-order valence-electron chi connectivity index (χ0n) is 9.87. The highest BCUT2D eigenvalue weighted by molar-refractivity contribution is 5.82. The molecule has 0 bridgehead atoms. The van der Waals surface area contributed by atoms with E-state index in [-0.39, 0.29) is 5.92 Å². The number of carbonyl (C=O) groups excluding carboxylic acids is 2. The molecule has 1 unspecified atom stereocenters. The molecule has 0 aromatic rings. The molecule has 0 aromatic carbocycles. The molecule has 0 fully saturated rings. The van der Waals surface area contributed by atoms with Crippen LogP contribution in [0.1, 0.15) is 40.5 Å². The summed E-state index contributed by atoms with van der Waals surface area (Å²) in [7, 11) is 0. The molecule has 4 heteroatoms. The molecule has 86 valence electrons. The highest BCUT2D eigenvalue weighted by Gasteiger charge is 2.42. The van der Waals surface area contributed by atoms with Crippen LogP contribution in [0.4, 0.5) is 0 Å². The van der Waals surface area contributed by atoms with Gasteiger partial charge in [-0.3, -0.25) is 0 Å². The average molecular weight is 213 g/mol. The molecule has 0 rings (SSSR count). The fraction of sp³-hybridized carbons (Fsp3) is 0.818. The predicted molar refractivity (Wildman–Crippen MR) is 57.2 cm³/mol. The molecule has 0 aliphatic rings. The molecule has 0 saturated heterocycles. The van der Waals surface area contributed by atoms with Crippen LogP contribution >= 0.6 is 0 Å². The van der Waals surface area contributed by atoms with E-state index in [2.05, 4.69) is 4.99 Å². The van der Waals surface area contributed by atoms with E-state index in [4.69, 9.17) is 4.74 Å².